The average Bonchev–Trinajstić information content (AvgIpc) is 2.81. The third kappa shape index (κ3) is 5.37. The predicted octanol–water partition coefficient (Wildman–Crippen LogP) is 3.53. The van der Waals surface area contributed by atoms with Crippen LogP contribution in [-0.2, 0) is 0 Å². The number of carbonyl (C=O) groups excluding carboxylic acids is 1. The Morgan fingerprint density at radius 1 is 0.968 bits per heavy atom. The molecule has 0 bridgehead atoms. The molecule has 0 saturated carbocycles. The van der Waals surface area contributed by atoms with Gasteiger partial charge in [0, 0.05) is 56.7 Å². The molecular weight excluding hydrogens is 392 g/mol. The molecule has 2 aromatic rings. The number of hydrogen-bond donors (Lipinski definition) is 1. The minimum absolute atomic E-state index is 0.0806. The molecule has 0 aliphatic carbocycles. The Hall–Kier alpha value is -3.03. The van der Waals surface area contributed by atoms with Crippen LogP contribution < -0.4 is 19.9 Å². The fraction of sp³-hybridized carbons (Fsp3) is 0.522. The maximum atomic E-state index is 12.7. The fourth-order valence-electron chi connectivity index (χ4n) is 4.08. The number of ether oxygens (including phenoxy) is 1. The lowest BCUT2D eigenvalue weighted by atomic mass is 10.1. The Kier molecular flexibility index (Phi) is 6.74. The number of hydrogen-bond acceptors (Lipinski definition) is 6. The zero-order chi connectivity index (χ0) is 21.6. The maximum absolute atomic E-state index is 12.7. The predicted molar refractivity (Wildman–Crippen MR) is 123 cm³/mol. The number of aromatic nitrogens is 2. The first-order valence-electron chi connectivity index (χ1n) is 11.3. The van der Waals surface area contributed by atoms with Crippen molar-refractivity contribution in [2.75, 3.05) is 61.0 Å². The molecule has 0 atom stereocenters. The van der Waals surface area contributed by atoms with Crippen LogP contribution in [0.25, 0.3) is 0 Å². The first kappa shape index (κ1) is 21.2. The molecule has 2 aliphatic heterocycles. The number of aryl methyl sites for hydroxylation is 1. The van der Waals surface area contributed by atoms with Gasteiger partial charge in [-0.15, -0.1) is 0 Å². The lowest BCUT2D eigenvalue weighted by Crippen LogP contribution is -2.50. The van der Waals surface area contributed by atoms with Gasteiger partial charge in [-0.05, 0) is 57.4 Å². The molecule has 1 N–H and O–H groups in total. The second-order valence-electron chi connectivity index (χ2n) is 8.08. The zero-order valence-electron chi connectivity index (χ0n) is 18.5. The lowest BCUT2D eigenvalue weighted by molar-refractivity contribution is 0.208. The van der Waals surface area contributed by atoms with Crippen molar-refractivity contribution in [2.45, 2.75) is 33.1 Å². The molecule has 2 amide bonds. The zero-order valence-corrected chi connectivity index (χ0v) is 18.5. The molecule has 8 nitrogen and oxygen atoms in total. The standard InChI is InChI=1S/C23H32N6O2/c1-3-31-20-9-7-19(8-10-20)25-23(30)29-15-13-28(14-16-29)22-24-18(2)17-21(26-22)27-11-5-4-6-12-27/h7-10,17H,3-6,11-16H2,1-2H3,(H,25,30). The molecule has 1 aromatic carbocycles. The number of anilines is 3. The van der Waals surface area contributed by atoms with E-state index in [-0.39, 0.29) is 6.03 Å². The Bertz CT molecular complexity index is 874. The summed E-state index contributed by atoms with van der Waals surface area (Å²) in [5.41, 5.74) is 1.75. The summed E-state index contributed by atoms with van der Waals surface area (Å²) >= 11 is 0. The van der Waals surface area contributed by atoms with Gasteiger partial charge in [-0.2, -0.15) is 4.98 Å². The molecule has 2 fully saturated rings. The van der Waals surface area contributed by atoms with Gasteiger partial charge < -0.3 is 24.8 Å². The van der Waals surface area contributed by atoms with Crippen LogP contribution >= 0.6 is 0 Å². The summed E-state index contributed by atoms with van der Waals surface area (Å²) in [7, 11) is 0. The molecule has 1 aromatic heterocycles. The number of amides is 2. The number of nitrogens with zero attached hydrogens (tertiary/aromatic N) is 5. The van der Waals surface area contributed by atoms with Crippen molar-refractivity contribution in [3.63, 3.8) is 0 Å². The summed E-state index contributed by atoms with van der Waals surface area (Å²) < 4.78 is 5.45. The second kappa shape index (κ2) is 9.85. The van der Waals surface area contributed by atoms with E-state index in [0.29, 0.717) is 19.7 Å². The monoisotopic (exact) mass is 424 g/mol. The summed E-state index contributed by atoms with van der Waals surface area (Å²) in [4.78, 5) is 28.6. The highest BCUT2D eigenvalue weighted by atomic mass is 16.5. The number of piperazine rings is 1. The van der Waals surface area contributed by atoms with Crippen LogP contribution in [0.15, 0.2) is 30.3 Å². The van der Waals surface area contributed by atoms with Gasteiger partial charge in [0.2, 0.25) is 5.95 Å². The molecular formula is C23H32N6O2. The average molecular weight is 425 g/mol. The van der Waals surface area contributed by atoms with Gasteiger partial charge in [-0.1, -0.05) is 0 Å². The number of urea groups is 1. The van der Waals surface area contributed by atoms with Gasteiger partial charge in [0.05, 0.1) is 6.61 Å². The first-order chi connectivity index (χ1) is 15.1. The highest BCUT2D eigenvalue weighted by molar-refractivity contribution is 5.89. The normalized spacial score (nSPS) is 16.9. The van der Waals surface area contributed by atoms with E-state index in [1.165, 1.54) is 19.3 Å². The molecule has 2 aliphatic rings. The van der Waals surface area contributed by atoms with E-state index in [0.717, 1.165) is 55.1 Å². The van der Waals surface area contributed by atoms with Crippen molar-refractivity contribution in [2.24, 2.45) is 0 Å². The Morgan fingerprint density at radius 3 is 2.35 bits per heavy atom. The molecule has 4 rings (SSSR count). The van der Waals surface area contributed by atoms with E-state index in [1.54, 1.807) is 0 Å². The lowest BCUT2D eigenvalue weighted by Gasteiger charge is -2.35. The summed E-state index contributed by atoms with van der Waals surface area (Å²) in [5, 5.41) is 2.97. The molecule has 166 valence electrons. The van der Waals surface area contributed by atoms with E-state index in [4.69, 9.17) is 9.72 Å². The second-order valence-corrected chi connectivity index (χ2v) is 8.08. The number of benzene rings is 1. The number of nitrogens with one attached hydrogen (secondary N) is 1. The van der Waals surface area contributed by atoms with E-state index in [2.05, 4.69) is 26.2 Å². The fourth-order valence-corrected chi connectivity index (χ4v) is 4.08. The smallest absolute Gasteiger partial charge is 0.321 e. The number of piperidine rings is 1. The summed E-state index contributed by atoms with van der Waals surface area (Å²) in [6.07, 6.45) is 3.75. The van der Waals surface area contributed by atoms with Crippen molar-refractivity contribution in [1.29, 1.82) is 0 Å². The van der Waals surface area contributed by atoms with Crippen molar-refractivity contribution in [3.8, 4) is 5.75 Å². The largest absolute Gasteiger partial charge is 0.494 e. The van der Waals surface area contributed by atoms with Gasteiger partial charge in [0.1, 0.15) is 11.6 Å². The molecule has 3 heterocycles. The van der Waals surface area contributed by atoms with Crippen molar-refractivity contribution >= 4 is 23.5 Å². The Balaban J connectivity index is 1.34. The molecule has 2 saturated heterocycles. The van der Waals surface area contributed by atoms with Crippen molar-refractivity contribution in [1.82, 2.24) is 14.9 Å². The van der Waals surface area contributed by atoms with Gasteiger partial charge in [0.15, 0.2) is 0 Å². The third-order valence-electron chi connectivity index (χ3n) is 5.78. The molecule has 0 radical (unpaired) electrons. The van der Waals surface area contributed by atoms with Gasteiger partial charge >= 0.3 is 6.03 Å². The van der Waals surface area contributed by atoms with Crippen LogP contribution in [0.5, 0.6) is 5.75 Å². The van der Waals surface area contributed by atoms with E-state index >= 15 is 0 Å². The highest BCUT2D eigenvalue weighted by Crippen LogP contribution is 2.22. The molecule has 0 unspecified atom stereocenters. The van der Waals surface area contributed by atoms with Crippen molar-refractivity contribution < 1.29 is 9.53 Å². The van der Waals surface area contributed by atoms with Crippen LogP contribution in [0, 0.1) is 6.92 Å². The minimum Gasteiger partial charge on any atom is -0.494 e. The summed E-state index contributed by atoms with van der Waals surface area (Å²) in [5.74, 6) is 2.60. The number of rotatable bonds is 5. The van der Waals surface area contributed by atoms with Crippen LogP contribution in [0.3, 0.4) is 0 Å². The SMILES string of the molecule is CCOc1ccc(NC(=O)N2CCN(c3nc(C)cc(N4CCCCC4)n3)CC2)cc1. The quantitative estimate of drug-likeness (QED) is 0.792. The van der Waals surface area contributed by atoms with E-state index in [9.17, 15) is 4.79 Å². The molecule has 8 heteroatoms. The van der Waals surface area contributed by atoms with Crippen molar-refractivity contribution in [3.05, 3.63) is 36.0 Å². The van der Waals surface area contributed by atoms with Gasteiger partial charge in [-0.25, -0.2) is 9.78 Å². The summed E-state index contributed by atoms with van der Waals surface area (Å²) in [6, 6.07) is 9.46. The maximum Gasteiger partial charge on any atom is 0.321 e. The van der Waals surface area contributed by atoms with Gasteiger partial charge in [0.25, 0.3) is 0 Å². The minimum atomic E-state index is -0.0806. The molecule has 0 spiro atoms. The van der Waals surface area contributed by atoms with Crippen LogP contribution in [0.2, 0.25) is 0 Å². The Morgan fingerprint density at radius 2 is 1.68 bits per heavy atom. The molecule has 31 heavy (non-hydrogen) atoms. The summed E-state index contributed by atoms with van der Waals surface area (Å²) in [6.45, 7) is 9.45. The highest BCUT2D eigenvalue weighted by Gasteiger charge is 2.24. The van der Waals surface area contributed by atoms with E-state index in [1.807, 2.05) is 43.0 Å². The van der Waals surface area contributed by atoms with Crippen LogP contribution in [0.4, 0.5) is 22.2 Å². The Labute approximate surface area is 184 Å². The number of carbonyl (C=O) groups is 1. The van der Waals surface area contributed by atoms with E-state index < -0.39 is 0 Å². The topological polar surface area (TPSA) is 73.8 Å². The van der Waals surface area contributed by atoms with Crippen LogP contribution in [0.1, 0.15) is 31.9 Å². The van der Waals surface area contributed by atoms with Gasteiger partial charge in [-0.3, -0.25) is 0 Å². The van der Waals surface area contributed by atoms with Crippen LogP contribution in [-0.4, -0.2) is 66.8 Å². The third-order valence-corrected chi connectivity index (χ3v) is 5.78. The first-order valence-corrected chi connectivity index (χ1v) is 11.3.